The van der Waals surface area contributed by atoms with Crippen LogP contribution in [0.3, 0.4) is 0 Å². The van der Waals surface area contributed by atoms with E-state index >= 15 is 0 Å². The Morgan fingerprint density at radius 1 is 0.600 bits per heavy atom. The van der Waals surface area contributed by atoms with Crippen molar-refractivity contribution in [3.63, 3.8) is 0 Å². The lowest BCUT2D eigenvalue weighted by Gasteiger charge is -2.21. The van der Waals surface area contributed by atoms with E-state index in [0.717, 1.165) is 5.92 Å². The molecule has 0 heterocycles. The minimum atomic E-state index is 0.854. The first-order chi connectivity index (χ1) is 12.4. The van der Waals surface area contributed by atoms with Gasteiger partial charge in [-0.05, 0) is 45.5 Å². The fourth-order valence-electron chi connectivity index (χ4n) is 4.71. The maximum Gasteiger partial charge on any atom is -0.0145 e. The Morgan fingerprint density at radius 3 is 1.64 bits per heavy atom. The lowest BCUT2D eigenvalue weighted by atomic mass is 9.84. The highest BCUT2D eigenvalue weighted by atomic mass is 14.2. The quantitative estimate of drug-likeness (QED) is 0.423. The molecule has 130 valence electrons. The standard InChI is InChI=1S/C25H30/c1-2-4-6-12-20(13-7-5-3-1)18-25-23-16-10-8-14-21(23)19-22-15-9-11-17-24(22)25/h8-11,14-17,19-20H,1-7,12-13,18H2. The molecule has 0 amide bonds. The highest BCUT2D eigenvalue weighted by Crippen LogP contribution is 2.33. The second-order valence-electron chi connectivity index (χ2n) is 7.92. The van der Waals surface area contributed by atoms with Crippen LogP contribution in [-0.4, -0.2) is 0 Å². The van der Waals surface area contributed by atoms with Crippen LogP contribution in [0.5, 0.6) is 0 Å². The summed E-state index contributed by atoms with van der Waals surface area (Å²) in [5.41, 5.74) is 1.59. The van der Waals surface area contributed by atoms with Gasteiger partial charge in [0.15, 0.2) is 0 Å². The molecule has 1 saturated carbocycles. The van der Waals surface area contributed by atoms with Gasteiger partial charge in [-0.2, -0.15) is 0 Å². The zero-order chi connectivity index (χ0) is 16.9. The molecular weight excluding hydrogens is 300 g/mol. The third kappa shape index (κ3) is 3.89. The van der Waals surface area contributed by atoms with Gasteiger partial charge in [0.2, 0.25) is 0 Å². The molecule has 0 saturated heterocycles. The summed E-state index contributed by atoms with van der Waals surface area (Å²) in [5.74, 6) is 0.854. The number of fused-ring (bicyclic) bond motifs is 2. The Hall–Kier alpha value is -1.82. The first-order valence-corrected chi connectivity index (χ1v) is 10.3. The Bertz CT molecular complexity index is 766. The molecule has 0 nitrogen and oxygen atoms in total. The van der Waals surface area contributed by atoms with Gasteiger partial charge < -0.3 is 0 Å². The molecule has 1 aliphatic carbocycles. The van der Waals surface area contributed by atoms with Crippen LogP contribution in [0.15, 0.2) is 54.6 Å². The molecule has 0 aromatic heterocycles. The lowest BCUT2D eigenvalue weighted by molar-refractivity contribution is 0.388. The van der Waals surface area contributed by atoms with Crippen molar-refractivity contribution in [2.24, 2.45) is 5.92 Å². The highest BCUT2D eigenvalue weighted by molar-refractivity contribution is 6.02. The predicted molar refractivity (Wildman–Crippen MR) is 110 cm³/mol. The van der Waals surface area contributed by atoms with E-state index in [9.17, 15) is 0 Å². The topological polar surface area (TPSA) is 0 Å². The minimum absolute atomic E-state index is 0.854. The highest BCUT2D eigenvalue weighted by Gasteiger charge is 2.15. The summed E-state index contributed by atoms with van der Waals surface area (Å²) in [7, 11) is 0. The summed E-state index contributed by atoms with van der Waals surface area (Å²) >= 11 is 0. The average Bonchev–Trinajstić information content (AvgIpc) is 2.66. The van der Waals surface area contributed by atoms with Crippen molar-refractivity contribution in [3.05, 3.63) is 60.2 Å². The first-order valence-electron chi connectivity index (χ1n) is 10.3. The van der Waals surface area contributed by atoms with Gasteiger partial charge >= 0.3 is 0 Å². The van der Waals surface area contributed by atoms with Gasteiger partial charge in [-0.1, -0.05) is 106 Å². The van der Waals surface area contributed by atoms with E-state index in [1.807, 2.05) is 0 Å². The summed E-state index contributed by atoms with van der Waals surface area (Å²) in [5, 5.41) is 5.74. The molecule has 0 atom stereocenters. The smallest absolute Gasteiger partial charge is 0.0145 e. The summed E-state index contributed by atoms with van der Waals surface area (Å²) in [6.45, 7) is 0. The van der Waals surface area contributed by atoms with Crippen molar-refractivity contribution in [1.29, 1.82) is 0 Å². The molecule has 0 aliphatic heterocycles. The van der Waals surface area contributed by atoms with Crippen LogP contribution >= 0.6 is 0 Å². The molecule has 0 bridgehead atoms. The van der Waals surface area contributed by atoms with Crippen LogP contribution in [0.1, 0.15) is 63.4 Å². The van der Waals surface area contributed by atoms with Crippen molar-refractivity contribution in [2.75, 3.05) is 0 Å². The van der Waals surface area contributed by atoms with E-state index in [0.29, 0.717) is 0 Å². The number of hydrogen-bond donors (Lipinski definition) is 0. The molecule has 0 radical (unpaired) electrons. The van der Waals surface area contributed by atoms with Crippen LogP contribution in [0.25, 0.3) is 21.5 Å². The summed E-state index contributed by atoms with van der Waals surface area (Å²) in [6.07, 6.45) is 14.2. The SMILES string of the molecule is c1ccc2c(CC3CCCCCCCCC3)c3ccccc3cc2c1. The van der Waals surface area contributed by atoms with Gasteiger partial charge in [-0.3, -0.25) is 0 Å². The third-order valence-electron chi connectivity index (χ3n) is 6.10. The molecule has 3 aromatic carbocycles. The average molecular weight is 331 g/mol. The molecule has 3 aromatic rings. The molecule has 4 rings (SSSR count). The monoisotopic (exact) mass is 330 g/mol. The van der Waals surface area contributed by atoms with Gasteiger partial charge in [-0.15, -0.1) is 0 Å². The van der Waals surface area contributed by atoms with E-state index in [4.69, 9.17) is 0 Å². The van der Waals surface area contributed by atoms with Gasteiger partial charge in [0.25, 0.3) is 0 Å². The van der Waals surface area contributed by atoms with Crippen LogP contribution in [-0.2, 0) is 6.42 Å². The Labute approximate surface area is 152 Å². The second kappa shape index (κ2) is 8.04. The van der Waals surface area contributed by atoms with Crippen LogP contribution in [0, 0.1) is 5.92 Å². The van der Waals surface area contributed by atoms with E-state index in [2.05, 4.69) is 54.6 Å². The first kappa shape index (κ1) is 16.6. The van der Waals surface area contributed by atoms with Crippen molar-refractivity contribution in [2.45, 2.75) is 64.2 Å². The molecule has 25 heavy (non-hydrogen) atoms. The fraction of sp³-hybridized carbons (Fsp3) is 0.440. The van der Waals surface area contributed by atoms with E-state index in [-0.39, 0.29) is 0 Å². The van der Waals surface area contributed by atoms with Crippen LogP contribution < -0.4 is 0 Å². The van der Waals surface area contributed by atoms with Crippen LogP contribution in [0.2, 0.25) is 0 Å². The van der Waals surface area contributed by atoms with Crippen molar-refractivity contribution in [3.8, 4) is 0 Å². The maximum atomic E-state index is 2.36. The Morgan fingerprint density at radius 2 is 1.08 bits per heavy atom. The lowest BCUT2D eigenvalue weighted by Crippen LogP contribution is -2.07. The van der Waals surface area contributed by atoms with Crippen molar-refractivity contribution >= 4 is 21.5 Å². The maximum absolute atomic E-state index is 2.36. The van der Waals surface area contributed by atoms with Crippen molar-refractivity contribution in [1.82, 2.24) is 0 Å². The molecule has 1 aliphatic rings. The number of benzene rings is 3. The molecule has 0 N–H and O–H groups in total. The largest absolute Gasteiger partial charge is 0.0616 e. The van der Waals surface area contributed by atoms with E-state index in [1.165, 1.54) is 85.8 Å². The Kier molecular flexibility index (Phi) is 5.35. The summed E-state index contributed by atoms with van der Waals surface area (Å²) in [4.78, 5) is 0. The zero-order valence-corrected chi connectivity index (χ0v) is 15.3. The van der Waals surface area contributed by atoms with Gasteiger partial charge in [0, 0.05) is 0 Å². The molecule has 0 heteroatoms. The van der Waals surface area contributed by atoms with Gasteiger partial charge in [0.1, 0.15) is 0 Å². The van der Waals surface area contributed by atoms with Gasteiger partial charge in [-0.25, -0.2) is 0 Å². The molecular formula is C25H30. The third-order valence-corrected chi connectivity index (χ3v) is 6.10. The minimum Gasteiger partial charge on any atom is -0.0616 e. The second-order valence-corrected chi connectivity index (χ2v) is 7.92. The number of rotatable bonds is 2. The zero-order valence-electron chi connectivity index (χ0n) is 15.3. The predicted octanol–water partition coefficient (Wildman–Crippen LogP) is 7.68. The molecule has 1 fully saturated rings. The van der Waals surface area contributed by atoms with Crippen molar-refractivity contribution < 1.29 is 0 Å². The van der Waals surface area contributed by atoms with Crippen LogP contribution in [0.4, 0.5) is 0 Å². The fourth-order valence-corrected chi connectivity index (χ4v) is 4.71. The van der Waals surface area contributed by atoms with Gasteiger partial charge in [0.05, 0.1) is 0 Å². The summed E-state index contributed by atoms with van der Waals surface area (Å²) in [6, 6.07) is 20.3. The number of hydrogen-bond acceptors (Lipinski definition) is 0. The van der Waals surface area contributed by atoms with E-state index in [1.54, 1.807) is 5.56 Å². The molecule has 0 unspecified atom stereocenters. The van der Waals surface area contributed by atoms with E-state index < -0.39 is 0 Å². The normalized spacial score (nSPS) is 17.8. The molecule has 0 spiro atoms. The summed E-state index contributed by atoms with van der Waals surface area (Å²) < 4.78 is 0. The Balaban J connectivity index is 1.70.